The SMILES string of the molecule is CCCCCCCCCC(OC=O)OC=O. The van der Waals surface area contributed by atoms with Gasteiger partial charge in [-0.25, -0.2) is 0 Å². The lowest BCUT2D eigenvalue weighted by Gasteiger charge is -2.12. The van der Waals surface area contributed by atoms with Gasteiger partial charge in [0.25, 0.3) is 12.9 Å². The van der Waals surface area contributed by atoms with E-state index in [1.165, 1.54) is 32.1 Å². The van der Waals surface area contributed by atoms with Crippen LogP contribution in [-0.4, -0.2) is 19.2 Å². The molecule has 0 aliphatic heterocycles. The second-order valence-corrected chi connectivity index (χ2v) is 3.80. The molecule has 0 aromatic carbocycles. The van der Waals surface area contributed by atoms with Gasteiger partial charge in [-0.2, -0.15) is 0 Å². The fourth-order valence-corrected chi connectivity index (χ4v) is 1.56. The fraction of sp³-hybridized carbons (Fsp3) is 0.833. The molecule has 94 valence electrons. The van der Waals surface area contributed by atoms with Crippen LogP contribution in [0.3, 0.4) is 0 Å². The topological polar surface area (TPSA) is 52.6 Å². The predicted molar refractivity (Wildman–Crippen MR) is 60.7 cm³/mol. The first-order chi connectivity index (χ1) is 7.85. The highest BCUT2D eigenvalue weighted by Gasteiger charge is 2.08. The number of ether oxygens (including phenoxy) is 2. The van der Waals surface area contributed by atoms with Crippen LogP contribution in [0.4, 0.5) is 0 Å². The zero-order chi connectivity index (χ0) is 12.1. The summed E-state index contributed by atoms with van der Waals surface area (Å²) in [6.45, 7) is 2.82. The molecule has 4 heteroatoms. The van der Waals surface area contributed by atoms with Crippen molar-refractivity contribution in [2.75, 3.05) is 0 Å². The minimum atomic E-state index is -0.703. The molecule has 0 spiro atoms. The highest BCUT2D eigenvalue weighted by atomic mass is 16.7. The van der Waals surface area contributed by atoms with Crippen LogP contribution in [0.2, 0.25) is 0 Å². The van der Waals surface area contributed by atoms with Gasteiger partial charge in [0.15, 0.2) is 0 Å². The van der Waals surface area contributed by atoms with Crippen LogP contribution in [0, 0.1) is 0 Å². The van der Waals surface area contributed by atoms with Crippen molar-refractivity contribution in [1.29, 1.82) is 0 Å². The first-order valence-electron chi connectivity index (χ1n) is 6.03. The van der Waals surface area contributed by atoms with E-state index in [2.05, 4.69) is 16.4 Å². The lowest BCUT2D eigenvalue weighted by Crippen LogP contribution is -2.15. The summed E-state index contributed by atoms with van der Waals surface area (Å²) < 4.78 is 9.19. The number of unbranched alkanes of at least 4 members (excludes halogenated alkanes) is 6. The number of carbonyl (C=O) groups excluding carboxylic acids is 2. The molecule has 0 unspecified atom stereocenters. The van der Waals surface area contributed by atoms with Gasteiger partial charge in [0.2, 0.25) is 6.29 Å². The monoisotopic (exact) mass is 230 g/mol. The van der Waals surface area contributed by atoms with Crippen molar-refractivity contribution >= 4 is 12.9 Å². The first kappa shape index (κ1) is 14.9. The van der Waals surface area contributed by atoms with Crippen LogP contribution in [0.1, 0.15) is 58.3 Å². The minimum Gasteiger partial charge on any atom is -0.427 e. The van der Waals surface area contributed by atoms with Crippen LogP contribution in [0.5, 0.6) is 0 Å². The Morgan fingerprint density at radius 2 is 1.38 bits per heavy atom. The Balaban J connectivity index is 3.32. The molecular formula is C12H22O4. The second-order valence-electron chi connectivity index (χ2n) is 3.80. The molecule has 0 saturated carbocycles. The Morgan fingerprint density at radius 1 is 0.875 bits per heavy atom. The Kier molecular flexibility index (Phi) is 11.2. The smallest absolute Gasteiger partial charge is 0.296 e. The van der Waals surface area contributed by atoms with Crippen molar-refractivity contribution in [2.45, 2.75) is 64.6 Å². The normalized spacial score (nSPS) is 10.1. The van der Waals surface area contributed by atoms with Gasteiger partial charge in [-0.05, 0) is 6.42 Å². The van der Waals surface area contributed by atoms with Crippen molar-refractivity contribution in [1.82, 2.24) is 0 Å². The van der Waals surface area contributed by atoms with Crippen molar-refractivity contribution in [2.24, 2.45) is 0 Å². The maximum atomic E-state index is 10.1. The van der Waals surface area contributed by atoms with Crippen LogP contribution < -0.4 is 0 Å². The van der Waals surface area contributed by atoms with Crippen LogP contribution >= 0.6 is 0 Å². The van der Waals surface area contributed by atoms with E-state index in [4.69, 9.17) is 0 Å². The molecule has 0 aliphatic carbocycles. The van der Waals surface area contributed by atoms with Gasteiger partial charge in [-0.3, -0.25) is 9.59 Å². The maximum absolute atomic E-state index is 10.1. The third-order valence-electron chi connectivity index (χ3n) is 2.46. The summed E-state index contributed by atoms with van der Waals surface area (Å²) in [6, 6.07) is 0. The Bertz CT molecular complexity index is 160. The average Bonchev–Trinajstić information content (AvgIpc) is 2.28. The molecule has 0 bridgehead atoms. The zero-order valence-electron chi connectivity index (χ0n) is 10.0. The third-order valence-corrected chi connectivity index (χ3v) is 2.46. The van der Waals surface area contributed by atoms with Gasteiger partial charge in [-0.1, -0.05) is 45.4 Å². The fourth-order valence-electron chi connectivity index (χ4n) is 1.56. The number of hydrogen-bond acceptors (Lipinski definition) is 4. The third kappa shape index (κ3) is 9.49. The Hall–Kier alpha value is -1.06. The zero-order valence-corrected chi connectivity index (χ0v) is 10.0. The summed E-state index contributed by atoms with van der Waals surface area (Å²) in [5, 5.41) is 0. The molecule has 16 heavy (non-hydrogen) atoms. The lowest BCUT2D eigenvalue weighted by atomic mass is 10.1. The summed E-state index contributed by atoms with van der Waals surface area (Å²) in [4.78, 5) is 20.2. The maximum Gasteiger partial charge on any atom is 0.296 e. The molecule has 0 N–H and O–H groups in total. The minimum absolute atomic E-state index is 0.315. The van der Waals surface area contributed by atoms with Crippen molar-refractivity contribution in [3.8, 4) is 0 Å². The van der Waals surface area contributed by atoms with Crippen LogP contribution in [-0.2, 0) is 19.1 Å². The summed E-state index contributed by atoms with van der Waals surface area (Å²) in [5.41, 5.74) is 0. The van der Waals surface area contributed by atoms with Gasteiger partial charge >= 0.3 is 0 Å². The number of hydrogen-bond donors (Lipinski definition) is 0. The van der Waals surface area contributed by atoms with E-state index in [1.54, 1.807) is 0 Å². The quantitative estimate of drug-likeness (QED) is 0.294. The highest BCUT2D eigenvalue weighted by molar-refractivity contribution is 5.39. The second kappa shape index (κ2) is 12.0. The molecule has 0 atom stereocenters. The Morgan fingerprint density at radius 3 is 1.88 bits per heavy atom. The first-order valence-corrected chi connectivity index (χ1v) is 6.03. The molecule has 0 radical (unpaired) electrons. The number of carbonyl (C=O) groups is 2. The molecule has 0 amide bonds. The molecule has 0 fully saturated rings. The molecular weight excluding hydrogens is 208 g/mol. The molecule has 0 aliphatic rings. The van der Waals surface area contributed by atoms with Crippen LogP contribution in [0.25, 0.3) is 0 Å². The van der Waals surface area contributed by atoms with E-state index < -0.39 is 6.29 Å². The average molecular weight is 230 g/mol. The van der Waals surface area contributed by atoms with Crippen molar-refractivity contribution < 1.29 is 19.1 Å². The number of rotatable bonds is 12. The van der Waals surface area contributed by atoms with Crippen molar-refractivity contribution in [3.05, 3.63) is 0 Å². The lowest BCUT2D eigenvalue weighted by molar-refractivity contribution is -0.170. The summed E-state index contributed by atoms with van der Waals surface area (Å²) in [6.07, 6.45) is 8.17. The van der Waals surface area contributed by atoms with E-state index in [9.17, 15) is 9.59 Å². The highest BCUT2D eigenvalue weighted by Crippen LogP contribution is 2.11. The van der Waals surface area contributed by atoms with E-state index in [0.717, 1.165) is 12.8 Å². The molecule has 0 aromatic heterocycles. The standard InChI is InChI=1S/C12H22O4/c1-2-3-4-5-6-7-8-9-12(15-10-13)16-11-14/h10-12H,2-9H2,1H3. The predicted octanol–water partition coefficient (Wildman–Crippen LogP) is 2.80. The summed E-state index contributed by atoms with van der Waals surface area (Å²) in [5.74, 6) is 0. The molecule has 0 saturated heterocycles. The summed E-state index contributed by atoms with van der Waals surface area (Å²) >= 11 is 0. The van der Waals surface area contributed by atoms with Gasteiger partial charge in [0.1, 0.15) is 0 Å². The van der Waals surface area contributed by atoms with E-state index in [1.807, 2.05) is 0 Å². The molecule has 0 rings (SSSR count). The largest absolute Gasteiger partial charge is 0.427 e. The molecule has 4 nitrogen and oxygen atoms in total. The van der Waals surface area contributed by atoms with E-state index in [-0.39, 0.29) is 0 Å². The van der Waals surface area contributed by atoms with Gasteiger partial charge in [-0.15, -0.1) is 0 Å². The van der Waals surface area contributed by atoms with E-state index in [0.29, 0.717) is 19.4 Å². The molecule has 0 aromatic rings. The van der Waals surface area contributed by atoms with Gasteiger partial charge < -0.3 is 9.47 Å². The van der Waals surface area contributed by atoms with Crippen molar-refractivity contribution in [3.63, 3.8) is 0 Å². The summed E-state index contributed by atoms with van der Waals surface area (Å²) in [7, 11) is 0. The van der Waals surface area contributed by atoms with Crippen LogP contribution in [0.15, 0.2) is 0 Å². The van der Waals surface area contributed by atoms with Gasteiger partial charge in [0.05, 0.1) is 0 Å². The van der Waals surface area contributed by atoms with Gasteiger partial charge in [0, 0.05) is 6.42 Å². The molecule has 0 heterocycles. The van der Waals surface area contributed by atoms with E-state index >= 15 is 0 Å². The Labute approximate surface area is 97.3 Å².